The highest BCUT2D eigenvalue weighted by molar-refractivity contribution is 5.80. The number of nitrogens with two attached hydrogens (primary N) is 1. The van der Waals surface area contributed by atoms with E-state index < -0.39 is 11.8 Å². The van der Waals surface area contributed by atoms with Gasteiger partial charge in [-0.15, -0.1) is 0 Å². The van der Waals surface area contributed by atoms with Gasteiger partial charge in [0.1, 0.15) is 0 Å². The first-order valence-electron chi connectivity index (χ1n) is 13.5. The van der Waals surface area contributed by atoms with E-state index in [-0.39, 0.29) is 29.7 Å². The van der Waals surface area contributed by atoms with Crippen LogP contribution in [-0.2, 0) is 12.8 Å². The largest absolute Gasteiger partial charge is 0.399 e. The molecule has 4 atom stereocenters. The van der Waals surface area contributed by atoms with Crippen LogP contribution in [0.3, 0.4) is 0 Å². The van der Waals surface area contributed by atoms with E-state index in [4.69, 9.17) is 5.73 Å². The molecule has 4 unspecified atom stereocenters. The zero-order valence-electron chi connectivity index (χ0n) is 22.0. The quantitative estimate of drug-likeness (QED) is 0.471. The fraction of sp³-hybridized carbons (Fsp3) is 0.419. The summed E-state index contributed by atoms with van der Waals surface area (Å²) in [5.74, 6) is 0.495. The average Bonchev–Trinajstić information content (AvgIpc) is 3.25. The number of aliphatic hydroxyl groups is 1. The number of carbonyl (C=O) groups is 1. The van der Waals surface area contributed by atoms with Crippen molar-refractivity contribution in [2.24, 2.45) is 17.8 Å². The standard InChI is InChI=1S/C31H37N3O3/c1-4-33(26-7-5-6-19(2)12-26)30(36)27-18-23-9-8-20(3)13-28(23)34(31(27)37)29(35)16-21-14-22-10-11-25(32)17-24(22)15-21/h5,7,9-13,17-21,30,36H,4,6,8,14-16,32H2,1-3H3. The molecule has 0 amide bonds. The number of benzene rings is 1. The molecule has 0 fully saturated rings. The van der Waals surface area contributed by atoms with Crippen LogP contribution < -0.4 is 21.9 Å². The minimum Gasteiger partial charge on any atom is -0.399 e. The van der Waals surface area contributed by atoms with Crippen LogP contribution in [0.15, 0.2) is 53.0 Å². The van der Waals surface area contributed by atoms with Crippen LogP contribution in [0, 0.1) is 17.8 Å². The third-order valence-corrected chi connectivity index (χ3v) is 7.91. The van der Waals surface area contributed by atoms with Crippen LogP contribution in [0.4, 0.5) is 5.69 Å². The SMILES string of the molecule is CCN(C1=CC(C)CC=C1)C(O)c1cc2c(n(C(=O)CC3Cc4ccc(N)cc4C3)c1=O)=CC(C)CC=2. The number of fused-ring (bicyclic) bond motifs is 2. The Labute approximate surface area is 218 Å². The second-order valence-corrected chi connectivity index (χ2v) is 10.9. The number of hydrogen-bond donors (Lipinski definition) is 2. The van der Waals surface area contributed by atoms with Crippen molar-refractivity contribution >= 4 is 23.7 Å². The molecule has 3 aliphatic carbocycles. The summed E-state index contributed by atoms with van der Waals surface area (Å²) < 4.78 is 1.33. The molecule has 0 bridgehead atoms. The number of pyridine rings is 1. The summed E-state index contributed by atoms with van der Waals surface area (Å²) >= 11 is 0. The van der Waals surface area contributed by atoms with Crippen molar-refractivity contribution in [3.05, 3.63) is 85.8 Å². The van der Waals surface area contributed by atoms with E-state index in [9.17, 15) is 14.7 Å². The number of likely N-dealkylation sites (N-methyl/N-ethyl adjacent to an activating group) is 1. The van der Waals surface area contributed by atoms with Crippen LogP contribution in [0.5, 0.6) is 0 Å². The second-order valence-electron chi connectivity index (χ2n) is 10.9. The number of allylic oxidation sites excluding steroid dienone is 3. The summed E-state index contributed by atoms with van der Waals surface area (Å²) in [4.78, 5) is 29.5. The van der Waals surface area contributed by atoms with E-state index in [1.165, 1.54) is 15.7 Å². The van der Waals surface area contributed by atoms with Crippen molar-refractivity contribution in [3.8, 4) is 0 Å². The lowest BCUT2D eigenvalue weighted by Gasteiger charge is -2.32. The van der Waals surface area contributed by atoms with Gasteiger partial charge in [-0.2, -0.15) is 0 Å². The fourth-order valence-electron chi connectivity index (χ4n) is 5.97. The predicted molar refractivity (Wildman–Crippen MR) is 148 cm³/mol. The molecule has 2 aromatic rings. The Hall–Kier alpha value is -3.38. The molecule has 1 heterocycles. The van der Waals surface area contributed by atoms with Gasteiger partial charge in [0.05, 0.1) is 10.9 Å². The number of nitrogens with zero attached hydrogens (tertiary/aromatic N) is 2. The Bertz CT molecular complexity index is 1470. The normalized spacial score (nSPS) is 22.8. The summed E-state index contributed by atoms with van der Waals surface area (Å²) in [7, 11) is 0. The molecular weight excluding hydrogens is 462 g/mol. The van der Waals surface area contributed by atoms with Crippen LogP contribution in [0.1, 0.15) is 67.7 Å². The summed E-state index contributed by atoms with van der Waals surface area (Å²) in [6.07, 6.45) is 12.8. The Morgan fingerprint density at radius 2 is 1.89 bits per heavy atom. The Kier molecular flexibility index (Phi) is 6.95. The maximum atomic E-state index is 13.9. The van der Waals surface area contributed by atoms with Crippen molar-refractivity contribution in [1.29, 1.82) is 0 Å². The first-order chi connectivity index (χ1) is 17.7. The molecule has 0 aliphatic heterocycles. The highest BCUT2D eigenvalue weighted by Crippen LogP contribution is 2.30. The Morgan fingerprint density at radius 3 is 2.65 bits per heavy atom. The maximum Gasteiger partial charge on any atom is 0.265 e. The minimum absolute atomic E-state index is 0.122. The van der Waals surface area contributed by atoms with Gasteiger partial charge in [-0.1, -0.05) is 44.2 Å². The Balaban J connectivity index is 1.52. The number of rotatable bonds is 6. The van der Waals surface area contributed by atoms with Crippen molar-refractivity contribution < 1.29 is 9.90 Å². The predicted octanol–water partition coefficient (Wildman–Crippen LogP) is 3.27. The van der Waals surface area contributed by atoms with Crippen molar-refractivity contribution in [1.82, 2.24) is 9.47 Å². The van der Waals surface area contributed by atoms with Gasteiger partial charge in [0.15, 0.2) is 6.23 Å². The van der Waals surface area contributed by atoms with Gasteiger partial charge < -0.3 is 15.7 Å². The van der Waals surface area contributed by atoms with Crippen LogP contribution in [-0.4, -0.2) is 27.0 Å². The van der Waals surface area contributed by atoms with Crippen LogP contribution in [0.2, 0.25) is 0 Å². The average molecular weight is 500 g/mol. The maximum absolute atomic E-state index is 13.9. The lowest BCUT2D eigenvalue weighted by Crippen LogP contribution is -2.50. The summed E-state index contributed by atoms with van der Waals surface area (Å²) in [6.45, 7) is 6.72. The fourth-order valence-corrected chi connectivity index (χ4v) is 5.97. The molecule has 3 N–H and O–H groups in total. The lowest BCUT2D eigenvalue weighted by molar-refractivity contribution is 0.0309. The molecular formula is C31H37N3O3. The van der Waals surface area contributed by atoms with E-state index >= 15 is 0 Å². The molecule has 6 heteroatoms. The third kappa shape index (κ3) is 4.95. The number of anilines is 1. The summed E-state index contributed by atoms with van der Waals surface area (Å²) in [5.41, 5.74) is 9.81. The van der Waals surface area contributed by atoms with Gasteiger partial charge >= 0.3 is 0 Å². The number of aliphatic hydroxyl groups excluding tert-OH is 1. The molecule has 0 radical (unpaired) electrons. The van der Waals surface area contributed by atoms with Gasteiger partial charge in [-0.05, 0) is 91.0 Å². The molecule has 5 rings (SSSR count). The van der Waals surface area contributed by atoms with Crippen molar-refractivity contribution in [2.75, 3.05) is 12.3 Å². The number of nitrogen functional groups attached to an aromatic ring is 1. The molecule has 194 valence electrons. The monoisotopic (exact) mass is 499 g/mol. The van der Waals surface area contributed by atoms with E-state index in [0.29, 0.717) is 17.8 Å². The number of hydrogen-bond acceptors (Lipinski definition) is 5. The van der Waals surface area contributed by atoms with Gasteiger partial charge in [0, 0.05) is 24.4 Å². The van der Waals surface area contributed by atoms with Crippen molar-refractivity contribution in [2.45, 2.75) is 59.1 Å². The molecule has 37 heavy (non-hydrogen) atoms. The molecule has 1 aromatic carbocycles. The van der Waals surface area contributed by atoms with Gasteiger partial charge in [0.25, 0.3) is 5.56 Å². The van der Waals surface area contributed by atoms with E-state index in [2.05, 4.69) is 32.1 Å². The summed E-state index contributed by atoms with van der Waals surface area (Å²) in [5, 5.41) is 13.0. The van der Waals surface area contributed by atoms with E-state index in [1.54, 1.807) is 6.07 Å². The number of carbonyl (C=O) groups excluding carboxylic acids is 1. The molecule has 0 saturated heterocycles. The number of aromatic nitrogens is 1. The molecule has 0 spiro atoms. The lowest BCUT2D eigenvalue weighted by atomic mass is 9.98. The molecule has 1 aromatic heterocycles. The third-order valence-electron chi connectivity index (χ3n) is 7.91. The zero-order chi connectivity index (χ0) is 26.3. The highest BCUT2D eigenvalue weighted by Gasteiger charge is 2.28. The summed E-state index contributed by atoms with van der Waals surface area (Å²) in [6, 6.07) is 7.71. The van der Waals surface area contributed by atoms with Gasteiger partial charge in [-0.25, -0.2) is 4.57 Å². The minimum atomic E-state index is -1.14. The Morgan fingerprint density at radius 1 is 1.14 bits per heavy atom. The first-order valence-corrected chi connectivity index (χ1v) is 13.5. The highest BCUT2D eigenvalue weighted by atomic mass is 16.3. The molecule has 0 saturated carbocycles. The van der Waals surface area contributed by atoms with Crippen LogP contribution in [0.25, 0.3) is 12.2 Å². The first kappa shape index (κ1) is 25.3. The van der Waals surface area contributed by atoms with Gasteiger partial charge in [0.2, 0.25) is 5.91 Å². The molecule has 6 nitrogen and oxygen atoms in total. The van der Waals surface area contributed by atoms with E-state index in [1.807, 2.05) is 42.2 Å². The smallest absolute Gasteiger partial charge is 0.265 e. The zero-order valence-corrected chi connectivity index (χ0v) is 22.0. The topological polar surface area (TPSA) is 88.6 Å². The van der Waals surface area contributed by atoms with Crippen LogP contribution >= 0.6 is 0 Å². The second kappa shape index (κ2) is 10.2. The van der Waals surface area contributed by atoms with Crippen molar-refractivity contribution in [3.63, 3.8) is 0 Å². The van der Waals surface area contributed by atoms with E-state index in [0.717, 1.165) is 42.3 Å². The molecule has 3 aliphatic rings. The van der Waals surface area contributed by atoms with Gasteiger partial charge in [-0.3, -0.25) is 9.59 Å².